The summed E-state index contributed by atoms with van der Waals surface area (Å²) in [5, 5.41) is 14.3. The van der Waals surface area contributed by atoms with Gasteiger partial charge in [-0.05, 0) is 31.2 Å². The second-order valence-corrected chi connectivity index (χ2v) is 5.81. The van der Waals surface area contributed by atoms with Crippen molar-refractivity contribution < 1.29 is 9.90 Å². The van der Waals surface area contributed by atoms with E-state index in [9.17, 15) is 9.90 Å². The Labute approximate surface area is 135 Å². The third-order valence-electron chi connectivity index (χ3n) is 3.37. The summed E-state index contributed by atoms with van der Waals surface area (Å²) in [4.78, 5) is 16.9. The number of hydrogen-bond acceptors (Lipinski definition) is 3. The Bertz CT molecular complexity index is 875. The lowest BCUT2D eigenvalue weighted by Gasteiger charge is -2.15. The molecule has 3 rings (SSSR count). The number of rotatable bonds is 2. The first-order valence-electron chi connectivity index (χ1n) is 6.55. The maximum Gasteiger partial charge on any atom is 0.411 e. The lowest BCUT2D eigenvalue weighted by molar-refractivity contribution is 0.203. The van der Waals surface area contributed by atoms with E-state index in [0.29, 0.717) is 11.5 Å². The molecule has 0 saturated heterocycles. The third-order valence-corrected chi connectivity index (χ3v) is 3.83. The summed E-state index contributed by atoms with van der Waals surface area (Å²) in [6.45, 7) is 1.91. The SMILES string of the molecule is Cc1cccc(-n2ncc3c(N(C)C(=O)O)cc(Br)cc32)n1. The van der Waals surface area contributed by atoms with Crippen molar-refractivity contribution in [3.63, 3.8) is 0 Å². The van der Waals surface area contributed by atoms with Crippen molar-refractivity contribution in [1.29, 1.82) is 0 Å². The van der Waals surface area contributed by atoms with Crippen LogP contribution in [0.2, 0.25) is 0 Å². The minimum Gasteiger partial charge on any atom is -0.465 e. The Morgan fingerprint density at radius 2 is 2.14 bits per heavy atom. The highest BCUT2D eigenvalue weighted by Gasteiger charge is 2.17. The molecule has 112 valence electrons. The molecular weight excluding hydrogens is 348 g/mol. The largest absolute Gasteiger partial charge is 0.465 e. The first kappa shape index (κ1) is 14.5. The van der Waals surface area contributed by atoms with Crippen LogP contribution in [-0.4, -0.2) is 33.0 Å². The Morgan fingerprint density at radius 3 is 2.82 bits per heavy atom. The first-order valence-corrected chi connectivity index (χ1v) is 7.34. The second kappa shape index (κ2) is 5.42. The van der Waals surface area contributed by atoms with Crippen molar-refractivity contribution in [2.24, 2.45) is 0 Å². The number of fused-ring (bicyclic) bond motifs is 1. The molecule has 0 unspecified atom stereocenters. The Kier molecular flexibility index (Phi) is 3.58. The number of carboxylic acid groups (broad SMARTS) is 1. The van der Waals surface area contributed by atoms with Crippen molar-refractivity contribution in [3.8, 4) is 5.82 Å². The molecule has 0 aliphatic carbocycles. The summed E-state index contributed by atoms with van der Waals surface area (Å²) in [5.74, 6) is 0.692. The molecule has 0 bridgehead atoms. The number of benzene rings is 1. The van der Waals surface area contributed by atoms with Gasteiger partial charge in [0, 0.05) is 22.6 Å². The van der Waals surface area contributed by atoms with Crippen LogP contribution in [0.1, 0.15) is 5.69 Å². The zero-order chi connectivity index (χ0) is 15.9. The van der Waals surface area contributed by atoms with Gasteiger partial charge in [0.1, 0.15) is 0 Å². The molecule has 1 N–H and O–H groups in total. The monoisotopic (exact) mass is 360 g/mol. The summed E-state index contributed by atoms with van der Waals surface area (Å²) in [6.07, 6.45) is 0.626. The fourth-order valence-corrected chi connectivity index (χ4v) is 2.72. The first-order chi connectivity index (χ1) is 10.5. The number of aromatic nitrogens is 3. The summed E-state index contributed by atoms with van der Waals surface area (Å²) < 4.78 is 2.48. The Hall–Kier alpha value is -2.41. The number of carbonyl (C=O) groups is 1. The molecule has 0 atom stereocenters. The maximum absolute atomic E-state index is 11.2. The minimum atomic E-state index is -1.03. The van der Waals surface area contributed by atoms with Crippen LogP contribution in [0.5, 0.6) is 0 Å². The molecule has 7 heteroatoms. The number of aryl methyl sites for hydroxylation is 1. The number of nitrogens with zero attached hydrogens (tertiary/aromatic N) is 4. The minimum absolute atomic E-state index is 0.566. The zero-order valence-corrected chi connectivity index (χ0v) is 13.6. The van der Waals surface area contributed by atoms with Crippen molar-refractivity contribution in [2.75, 3.05) is 11.9 Å². The van der Waals surface area contributed by atoms with Gasteiger partial charge in [0.05, 0.1) is 17.4 Å². The lowest BCUT2D eigenvalue weighted by Crippen LogP contribution is -2.23. The number of amides is 1. The van der Waals surface area contributed by atoms with Gasteiger partial charge in [0.15, 0.2) is 5.82 Å². The molecule has 0 saturated carbocycles. The van der Waals surface area contributed by atoms with E-state index in [2.05, 4.69) is 26.0 Å². The number of hydrogen-bond donors (Lipinski definition) is 1. The number of halogens is 1. The van der Waals surface area contributed by atoms with Crippen LogP contribution < -0.4 is 4.90 Å². The van der Waals surface area contributed by atoms with Gasteiger partial charge in [-0.2, -0.15) is 5.10 Å². The number of pyridine rings is 1. The molecule has 0 aliphatic heterocycles. The quantitative estimate of drug-likeness (QED) is 0.757. The molecule has 0 radical (unpaired) electrons. The van der Waals surface area contributed by atoms with E-state index in [-0.39, 0.29) is 0 Å². The molecular formula is C15H13BrN4O2. The molecule has 1 aromatic carbocycles. The van der Waals surface area contributed by atoms with Crippen molar-refractivity contribution >= 4 is 38.6 Å². The molecule has 22 heavy (non-hydrogen) atoms. The van der Waals surface area contributed by atoms with Gasteiger partial charge < -0.3 is 5.11 Å². The Morgan fingerprint density at radius 1 is 1.36 bits per heavy atom. The summed E-state index contributed by atoms with van der Waals surface area (Å²) in [6, 6.07) is 9.33. The van der Waals surface area contributed by atoms with E-state index < -0.39 is 6.09 Å². The predicted molar refractivity (Wildman–Crippen MR) is 87.7 cm³/mol. The van der Waals surface area contributed by atoms with E-state index in [0.717, 1.165) is 21.1 Å². The zero-order valence-electron chi connectivity index (χ0n) is 12.0. The van der Waals surface area contributed by atoms with Crippen LogP contribution >= 0.6 is 15.9 Å². The van der Waals surface area contributed by atoms with Gasteiger partial charge in [-0.1, -0.05) is 22.0 Å². The molecule has 6 nitrogen and oxygen atoms in total. The fourth-order valence-electron chi connectivity index (χ4n) is 2.28. The van der Waals surface area contributed by atoms with Crippen LogP contribution in [0.4, 0.5) is 10.5 Å². The molecule has 3 aromatic rings. The summed E-state index contributed by atoms with van der Waals surface area (Å²) >= 11 is 3.43. The van der Waals surface area contributed by atoms with Gasteiger partial charge in [-0.25, -0.2) is 14.5 Å². The summed E-state index contributed by atoms with van der Waals surface area (Å²) in [7, 11) is 1.51. The van der Waals surface area contributed by atoms with Crippen LogP contribution in [0.3, 0.4) is 0 Å². The topological polar surface area (TPSA) is 71.2 Å². The summed E-state index contributed by atoms with van der Waals surface area (Å²) in [5.41, 5.74) is 2.24. The lowest BCUT2D eigenvalue weighted by atomic mass is 10.2. The van der Waals surface area contributed by atoms with Gasteiger partial charge >= 0.3 is 6.09 Å². The molecule has 0 spiro atoms. The fraction of sp³-hybridized carbons (Fsp3) is 0.133. The van der Waals surface area contributed by atoms with E-state index in [1.807, 2.05) is 31.2 Å². The van der Waals surface area contributed by atoms with Crippen molar-refractivity contribution in [3.05, 3.63) is 46.7 Å². The van der Waals surface area contributed by atoms with Crippen LogP contribution in [0, 0.1) is 6.92 Å². The Balaban J connectivity index is 2.26. The van der Waals surface area contributed by atoms with E-state index in [4.69, 9.17) is 0 Å². The van der Waals surface area contributed by atoms with Gasteiger partial charge in [0.25, 0.3) is 0 Å². The third kappa shape index (κ3) is 2.43. The number of anilines is 1. The average Bonchev–Trinajstić information content (AvgIpc) is 2.89. The molecule has 2 aromatic heterocycles. The molecule has 1 amide bonds. The van der Waals surface area contributed by atoms with Gasteiger partial charge in [0.2, 0.25) is 0 Å². The highest BCUT2D eigenvalue weighted by molar-refractivity contribution is 9.10. The van der Waals surface area contributed by atoms with Crippen molar-refractivity contribution in [2.45, 2.75) is 6.92 Å². The molecule has 0 aliphatic rings. The van der Waals surface area contributed by atoms with Crippen molar-refractivity contribution in [1.82, 2.24) is 14.8 Å². The highest BCUT2D eigenvalue weighted by Crippen LogP contribution is 2.31. The maximum atomic E-state index is 11.2. The van der Waals surface area contributed by atoms with Crippen LogP contribution in [-0.2, 0) is 0 Å². The smallest absolute Gasteiger partial charge is 0.411 e. The molecule has 0 fully saturated rings. The van der Waals surface area contributed by atoms with Crippen LogP contribution in [0.25, 0.3) is 16.7 Å². The van der Waals surface area contributed by atoms with E-state index >= 15 is 0 Å². The second-order valence-electron chi connectivity index (χ2n) is 4.89. The van der Waals surface area contributed by atoms with E-state index in [1.54, 1.807) is 16.9 Å². The van der Waals surface area contributed by atoms with Crippen LogP contribution in [0.15, 0.2) is 41.0 Å². The van der Waals surface area contributed by atoms with Gasteiger partial charge in [-0.3, -0.25) is 4.90 Å². The highest BCUT2D eigenvalue weighted by atomic mass is 79.9. The normalized spacial score (nSPS) is 10.9. The standard InChI is InChI=1S/C15H13BrN4O2/c1-9-4-3-5-14(18-9)20-13-7-10(16)6-12(11(13)8-17-20)19(2)15(21)22/h3-8H,1-2H3,(H,21,22). The average molecular weight is 361 g/mol. The van der Waals surface area contributed by atoms with E-state index in [1.165, 1.54) is 11.9 Å². The van der Waals surface area contributed by atoms with Gasteiger partial charge in [-0.15, -0.1) is 0 Å². The molecule has 2 heterocycles. The predicted octanol–water partition coefficient (Wildman–Crippen LogP) is 3.61.